The van der Waals surface area contributed by atoms with Crippen LogP contribution in [0.2, 0.25) is 0 Å². The highest BCUT2D eigenvalue weighted by molar-refractivity contribution is 5.66. The molecule has 92 valence electrons. The van der Waals surface area contributed by atoms with Gasteiger partial charge in [-0.1, -0.05) is 6.42 Å². The zero-order valence-corrected chi connectivity index (χ0v) is 9.62. The summed E-state index contributed by atoms with van der Waals surface area (Å²) < 4.78 is 1.68. The highest BCUT2D eigenvalue weighted by atomic mass is 16.4. The molecule has 0 amide bonds. The van der Waals surface area contributed by atoms with Gasteiger partial charge in [0.1, 0.15) is 0 Å². The Hall–Kier alpha value is -1.46. The first kappa shape index (κ1) is 10.7. The summed E-state index contributed by atoms with van der Waals surface area (Å²) in [5.74, 6) is 2.11. The molecule has 0 radical (unpaired) electrons. The minimum atomic E-state index is -0.806. The maximum Gasteiger partial charge on any atom is 0.305 e. The van der Waals surface area contributed by atoms with Gasteiger partial charge in [0.15, 0.2) is 5.82 Å². The lowest BCUT2D eigenvalue weighted by atomic mass is 9.88. The highest BCUT2D eigenvalue weighted by Gasteiger charge is 2.42. The van der Waals surface area contributed by atoms with Crippen LogP contribution in [0, 0.1) is 11.8 Å². The standard InChI is InChI=1S/C11H16N4O2/c16-10(17)3-4-15-11(12-13-14-15)9-6-7-1-2-8(9)5-7/h7-9H,1-6H2,(H,16,17). The molecule has 1 heterocycles. The van der Waals surface area contributed by atoms with Crippen molar-refractivity contribution in [1.82, 2.24) is 20.2 Å². The minimum absolute atomic E-state index is 0.0822. The Kier molecular flexibility index (Phi) is 2.57. The molecule has 2 saturated carbocycles. The average Bonchev–Trinajstić information content (AvgIpc) is 3.01. The van der Waals surface area contributed by atoms with Gasteiger partial charge in [0.2, 0.25) is 0 Å². The van der Waals surface area contributed by atoms with E-state index in [1.807, 2.05) is 0 Å². The molecule has 6 heteroatoms. The molecule has 0 saturated heterocycles. The highest BCUT2D eigenvalue weighted by Crippen LogP contribution is 2.52. The van der Waals surface area contributed by atoms with E-state index in [2.05, 4.69) is 15.5 Å². The molecule has 1 aromatic rings. The summed E-state index contributed by atoms with van der Waals surface area (Å²) in [7, 11) is 0. The Morgan fingerprint density at radius 1 is 1.41 bits per heavy atom. The summed E-state index contributed by atoms with van der Waals surface area (Å²) in [5, 5.41) is 20.4. The van der Waals surface area contributed by atoms with E-state index in [4.69, 9.17) is 5.11 Å². The molecule has 6 nitrogen and oxygen atoms in total. The molecule has 2 aliphatic carbocycles. The van der Waals surface area contributed by atoms with Gasteiger partial charge in [-0.05, 0) is 41.5 Å². The molecular weight excluding hydrogens is 220 g/mol. The van der Waals surface area contributed by atoms with Crippen LogP contribution in [0.25, 0.3) is 0 Å². The number of nitrogens with zero attached hydrogens (tertiary/aromatic N) is 4. The number of rotatable bonds is 4. The third-order valence-electron chi connectivity index (χ3n) is 4.17. The zero-order valence-electron chi connectivity index (χ0n) is 9.62. The zero-order chi connectivity index (χ0) is 11.8. The number of carboxylic acids is 1. The van der Waals surface area contributed by atoms with E-state index in [1.54, 1.807) is 4.68 Å². The number of carbonyl (C=O) groups is 1. The molecule has 1 N–H and O–H groups in total. The number of carboxylic acid groups (broad SMARTS) is 1. The Labute approximate surface area is 99.0 Å². The quantitative estimate of drug-likeness (QED) is 0.845. The van der Waals surface area contributed by atoms with Crippen LogP contribution in [0.5, 0.6) is 0 Å². The molecule has 1 aromatic heterocycles. The van der Waals surface area contributed by atoms with E-state index >= 15 is 0 Å². The van der Waals surface area contributed by atoms with E-state index < -0.39 is 5.97 Å². The molecule has 0 aliphatic heterocycles. The van der Waals surface area contributed by atoms with Gasteiger partial charge in [-0.2, -0.15) is 0 Å². The van der Waals surface area contributed by atoms with Crippen molar-refractivity contribution >= 4 is 5.97 Å². The number of aromatic nitrogens is 4. The van der Waals surface area contributed by atoms with E-state index in [-0.39, 0.29) is 6.42 Å². The Balaban J connectivity index is 1.74. The van der Waals surface area contributed by atoms with Crippen molar-refractivity contribution in [3.05, 3.63) is 5.82 Å². The topological polar surface area (TPSA) is 80.9 Å². The van der Waals surface area contributed by atoms with Crippen molar-refractivity contribution in [3.63, 3.8) is 0 Å². The van der Waals surface area contributed by atoms with Crippen LogP contribution in [0.15, 0.2) is 0 Å². The second-order valence-corrected chi connectivity index (χ2v) is 5.19. The predicted octanol–water partition coefficient (Wildman–Crippen LogP) is 1.05. The van der Waals surface area contributed by atoms with E-state index in [9.17, 15) is 4.79 Å². The summed E-state index contributed by atoms with van der Waals surface area (Å²) in [6.45, 7) is 0.381. The maximum atomic E-state index is 10.6. The third-order valence-corrected chi connectivity index (χ3v) is 4.17. The second-order valence-electron chi connectivity index (χ2n) is 5.19. The number of aliphatic carboxylic acids is 1. The fraction of sp³-hybridized carbons (Fsp3) is 0.818. The fourth-order valence-electron chi connectivity index (χ4n) is 3.40. The van der Waals surface area contributed by atoms with Gasteiger partial charge in [0, 0.05) is 5.92 Å². The Bertz CT molecular complexity index is 431. The Morgan fingerprint density at radius 3 is 2.94 bits per heavy atom. The lowest BCUT2D eigenvalue weighted by Crippen LogP contribution is -2.17. The van der Waals surface area contributed by atoms with Crippen molar-refractivity contribution in [2.45, 2.75) is 44.6 Å². The molecule has 0 spiro atoms. The first-order valence-electron chi connectivity index (χ1n) is 6.22. The molecule has 3 atom stereocenters. The van der Waals surface area contributed by atoms with Gasteiger partial charge in [0.05, 0.1) is 13.0 Å². The van der Waals surface area contributed by atoms with E-state index in [0.29, 0.717) is 12.5 Å². The molecule has 3 rings (SSSR count). The van der Waals surface area contributed by atoms with Crippen LogP contribution in [0.1, 0.15) is 43.8 Å². The second kappa shape index (κ2) is 4.09. The molecule has 2 aliphatic rings. The molecule has 0 aromatic carbocycles. The van der Waals surface area contributed by atoms with Gasteiger partial charge in [0.25, 0.3) is 0 Å². The first-order valence-corrected chi connectivity index (χ1v) is 6.22. The molecule has 2 bridgehead atoms. The fourth-order valence-corrected chi connectivity index (χ4v) is 3.40. The average molecular weight is 236 g/mol. The number of aryl methyl sites for hydroxylation is 1. The molecule has 2 fully saturated rings. The minimum Gasteiger partial charge on any atom is -0.481 e. The molecule has 3 unspecified atom stereocenters. The van der Waals surface area contributed by atoms with Crippen LogP contribution in [0.3, 0.4) is 0 Å². The van der Waals surface area contributed by atoms with Gasteiger partial charge in [-0.3, -0.25) is 4.79 Å². The number of tetrazole rings is 1. The van der Waals surface area contributed by atoms with E-state index in [1.165, 1.54) is 25.7 Å². The number of hydrogen-bond donors (Lipinski definition) is 1. The van der Waals surface area contributed by atoms with Crippen molar-refractivity contribution in [2.75, 3.05) is 0 Å². The maximum absolute atomic E-state index is 10.6. The SMILES string of the molecule is O=C(O)CCn1nnnc1C1CC2CCC1C2. The summed E-state index contributed by atoms with van der Waals surface area (Å²) in [6.07, 6.45) is 5.19. The summed E-state index contributed by atoms with van der Waals surface area (Å²) in [4.78, 5) is 10.6. The van der Waals surface area contributed by atoms with Crippen molar-refractivity contribution in [1.29, 1.82) is 0 Å². The number of hydrogen-bond acceptors (Lipinski definition) is 4. The lowest BCUT2D eigenvalue weighted by molar-refractivity contribution is -0.137. The largest absolute Gasteiger partial charge is 0.481 e. The van der Waals surface area contributed by atoms with Crippen LogP contribution in [-0.2, 0) is 11.3 Å². The summed E-state index contributed by atoms with van der Waals surface area (Å²) in [5.41, 5.74) is 0. The molecule has 17 heavy (non-hydrogen) atoms. The summed E-state index contributed by atoms with van der Waals surface area (Å²) in [6, 6.07) is 0. The number of fused-ring (bicyclic) bond motifs is 2. The molecular formula is C11H16N4O2. The van der Waals surface area contributed by atoms with Crippen LogP contribution in [0.4, 0.5) is 0 Å². The van der Waals surface area contributed by atoms with Gasteiger partial charge < -0.3 is 5.11 Å². The first-order chi connectivity index (χ1) is 8.24. The van der Waals surface area contributed by atoms with Crippen molar-refractivity contribution < 1.29 is 9.90 Å². The van der Waals surface area contributed by atoms with Crippen LogP contribution >= 0.6 is 0 Å². The summed E-state index contributed by atoms with van der Waals surface area (Å²) >= 11 is 0. The predicted molar refractivity (Wildman–Crippen MR) is 58.3 cm³/mol. The van der Waals surface area contributed by atoms with Gasteiger partial charge in [-0.15, -0.1) is 5.10 Å². The van der Waals surface area contributed by atoms with Crippen molar-refractivity contribution in [3.8, 4) is 0 Å². The Morgan fingerprint density at radius 2 is 2.29 bits per heavy atom. The van der Waals surface area contributed by atoms with Crippen LogP contribution in [-0.4, -0.2) is 31.3 Å². The monoisotopic (exact) mass is 236 g/mol. The van der Waals surface area contributed by atoms with E-state index in [0.717, 1.165) is 17.7 Å². The van der Waals surface area contributed by atoms with Gasteiger partial charge in [-0.25, -0.2) is 4.68 Å². The van der Waals surface area contributed by atoms with Gasteiger partial charge >= 0.3 is 5.97 Å². The lowest BCUT2D eigenvalue weighted by Gasteiger charge is -2.20. The third kappa shape index (κ3) is 1.92. The van der Waals surface area contributed by atoms with Crippen molar-refractivity contribution in [2.24, 2.45) is 11.8 Å². The smallest absolute Gasteiger partial charge is 0.305 e. The normalized spacial score (nSPS) is 30.9. The van der Waals surface area contributed by atoms with Crippen LogP contribution < -0.4 is 0 Å².